The number of carboxylic acid groups (broad SMARTS) is 1. The molecule has 2 aliphatic rings. The van der Waals surface area contributed by atoms with Gasteiger partial charge in [0.1, 0.15) is 17.9 Å². The van der Waals surface area contributed by atoms with Crippen LogP contribution in [0.4, 0.5) is 23.2 Å². The molecule has 2 heterocycles. The van der Waals surface area contributed by atoms with Gasteiger partial charge in [0.05, 0.1) is 50.0 Å². The molecule has 5 rings (SSSR count). The Morgan fingerprint density at radius 3 is 2.31 bits per heavy atom. The van der Waals surface area contributed by atoms with E-state index in [4.69, 9.17) is 0 Å². The molecule has 2 aromatic carbocycles. The Labute approximate surface area is 204 Å². The van der Waals surface area contributed by atoms with Crippen molar-refractivity contribution in [1.82, 2.24) is 4.57 Å². The third-order valence-corrected chi connectivity index (χ3v) is 7.28. The molecule has 1 aromatic heterocycles. The number of aromatic nitrogens is 1. The van der Waals surface area contributed by atoms with Gasteiger partial charge in [0, 0.05) is 23.2 Å². The number of anilines is 1. The summed E-state index contributed by atoms with van der Waals surface area (Å²) in [6.07, 6.45) is -1.27. The minimum Gasteiger partial charge on any atom is -0.477 e. The third kappa shape index (κ3) is 4.57. The highest BCUT2D eigenvalue weighted by Crippen LogP contribution is 2.38. The van der Waals surface area contributed by atoms with E-state index in [1.54, 1.807) is 10.6 Å². The Bertz CT molecular complexity index is 1390. The van der Waals surface area contributed by atoms with E-state index in [2.05, 4.69) is 0 Å². The summed E-state index contributed by atoms with van der Waals surface area (Å²) in [5.74, 6) is -1.91. The van der Waals surface area contributed by atoms with Gasteiger partial charge < -0.3 is 19.1 Å². The lowest BCUT2D eigenvalue weighted by Gasteiger charge is -2.43. The molecule has 2 fully saturated rings. The predicted molar refractivity (Wildman–Crippen MR) is 127 cm³/mol. The van der Waals surface area contributed by atoms with E-state index in [1.807, 2.05) is 11.9 Å². The molecule has 1 saturated heterocycles. The summed E-state index contributed by atoms with van der Waals surface area (Å²) in [7, 11) is 2.03. The van der Waals surface area contributed by atoms with E-state index < -0.39 is 29.0 Å². The number of quaternary nitrogens is 1. The second-order valence-electron chi connectivity index (χ2n) is 10.0. The summed E-state index contributed by atoms with van der Waals surface area (Å²) in [4.78, 5) is 26.2. The standard InChI is InChI=1S/C26H25F4N3O3/c1-33(15-16-2-4-17(5-3-16)26(28,29)30)10-8-31(9-11-33)23-13-22-19(12-21(23)27)24(34)20(25(35)36)14-32(22)18-6-7-18/h2-5,12-14,18H,6-11,15H2,1H3/p+1. The molecule has 1 aliphatic carbocycles. The first-order valence-electron chi connectivity index (χ1n) is 11.8. The van der Waals surface area contributed by atoms with E-state index in [9.17, 15) is 27.9 Å². The molecule has 3 aromatic rings. The second-order valence-corrected chi connectivity index (χ2v) is 10.0. The maximum atomic E-state index is 15.2. The number of benzene rings is 2. The molecule has 1 N–H and O–H groups in total. The number of carbonyl (C=O) groups is 1. The molecule has 0 spiro atoms. The lowest BCUT2D eigenvalue weighted by molar-refractivity contribution is -0.923. The number of piperazine rings is 1. The zero-order chi connectivity index (χ0) is 25.8. The SMILES string of the molecule is C[N+]1(Cc2ccc(C(F)(F)F)cc2)CCN(c2cc3c(cc2F)c(=O)c(C(=O)O)cn3C2CC2)CC1. The average molecular weight is 505 g/mol. The fourth-order valence-electron chi connectivity index (χ4n) is 4.99. The van der Waals surface area contributed by atoms with Crippen molar-refractivity contribution in [2.24, 2.45) is 0 Å². The molecule has 36 heavy (non-hydrogen) atoms. The van der Waals surface area contributed by atoms with Crippen molar-refractivity contribution in [2.75, 3.05) is 38.1 Å². The molecule has 0 unspecified atom stereocenters. The largest absolute Gasteiger partial charge is 0.477 e. The van der Waals surface area contributed by atoms with Gasteiger partial charge in [0.25, 0.3) is 0 Å². The maximum Gasteiger partial charge on any atom is 0.416 e. The van der Waals surface area contributed by atoms with E-state index >= 15 is 4.39 Å². The molecular weight excluding hydrogens is 478 g/mol. The van der Waals surface area contributed by atoms with Crippen molar-refractivity contribution in [3.63, 3.8) is 0 Å². The molecule has 10 heteroatoms. The molecule has 190 valence electrons. The number of hydrogen-bond donors (Lipinski definition) is 1. The molecule has 0 radical (unpaired) electrons. The van der Waals surface area contributed by atoms with Gasteiger partial charge in [0.2, 0.25) is 5.43 Å². The van der Waals surface area contributed by atoms with Gasteiger partial charge in [-0.2, -0.15) is 13.2 Å². The normalized spacial score (nSPS) is 18.0. The maximum absolute atomic E-state index is 15.2. The number of nitrogens with zero attached hydrogens (tertiary/aromatic N) is 3. The minimum absolute atomic E-state index is 0.0583. The molecular formula is C26H26F4N3O3+. The lowest BCUT2D eigenvalue weighted by atomic mass is 10.1. The van der Waals surface area contributed by atoms with Crippen LogP contribution in [0, 0.1) is 5.82 Å². The topological polar surface area (TPSA) is 62.5 Å². The van der Waals surface area contributed by atoms with Crippen LogP contribution in [0.5, 0.6) is 0 Å². The third-order valence-electron chi connectivity index (χ3n) is 7.28. The summed E-state index contributed by atoms with van der Waals surface area (Å²) in [5.41, 5.74) is -0.0454. The van der Waals surface area contributed by atoms with Crippen molar-refractivity contribution in [1.29, 1.82) is 0 Å². The smallest absolute Gasteiger partial charge is 0.416 e. The number of hydrogen-bond acceptors (Lipinski definition) is 3. The first-order valence-corrected chi connectivity index (χ1v) is 11.8. The Balaban J connectivity index is 1.38. The monoisotopic (exact) mass is 504 g/mol. The van der Waals surface area contributed by atoms with Crippen LogP contribution in [-0.4, -0.2) is 53.4 Å². The highest BCUT2D eigenvalue weighted by atomic mass is 19.4. The Hall–Kier alpha value is -3.40. The molecule has 1 aliphatic heterocycles. The first kappa shape index (κ1) is 24.3. The van der Waals surface area contributed by atoms with Crippen LogP contribution in [0.15, 0.2) is 47.4 Å². The zero-order valence-electron chi connectivity index (χ0n) is 19.7. The van der Waals surface area contributed by atoms with Crippen molar-refractivity contribution in [3.8, 4) is 0 Å². The number of carboxylic acids is 1. The Morgan fingerprint density at radius 2 is 1.75 bits per heavy atom. The van der Waals surface area contributed by atoms with Crippen molar-refractivity contribution < 1.29 is 31.9 Å². The number of aromatic carboxylic acids is 1. The fraction of sp³-hybridized carbons (Fsp3) is 0.385. The number of pyridine rings is 1. The quantitative estimate of drug-likeness (QED) is 0.406. The van der Waals surface area contributed by atoms with Gasteiger partial charge in [-0.25, -0.2) is 9.18 Å². The van der Waals surface area contributed by atoms with Crippen molar-refractivity contribution >= 4 is 22.6 Å². The number of alkyl halides is 3. The van der Waals surface area contributed by atoms with Gasteiger partial charge >= 0.3 is 12.1 Å². The molecule has 1 saturated carbocycles. The second kappa shape index (κ2) is 8.62. The Kier molecular flexibility index (Phi) is 5.82. The van der Waals surface area contributed by atoms with E-state index in [0.717, 1.165) is 36.6 Å². The van der Waals surface area contributed by atoms with Crippen LogP contribution < -0.4 is 10.3 Å². The minimum atomic E-state index is -4.37. The highest BCUT2D eigenvalue weighted by molar-refractivity contribution is 5.93. The summed E-state index contributed by atoms with van der Waals surface area (Å²) >= 11 is 0. The summed E-state index contributed by atoms with van der Waals surface area (Å²) in [6.45, 7) is 2.93. The number of likely N-dealkylation sites (N-methyl/N-ethyl adjacent to an activating group) is 1. The van der Waals surface area contributed by atoms with Crippen molar-refractivity contribution in [3.05, 3.63) is 75.3 Å². The zero-order valence-corrected chi connectivity index (χ0v) is 19.7. The van der Waals surface area contributed by atoms with Gasteiger partial charge in [-0.05, 0) is 37.1 Å². The van der Waals surface area contributed by atoms with Gasteiger partial charge in [-0.15, -0.1) is 0 Å². The predicted octanol–water partition coefficient (Wildman–Crippen LogP) is 4.66. The van der Waals surface area contributed by atoms with E-state index in [1.165, 1.54) is 18.3 Å². The molecule has 0 amide bonds. The van der Waals surface area contributed by atoms with E-state index in [0.29, 0.717) is 48.4 Å². The summed E-state index contributed by atoms with van der Waals surface area (Å²) < 4.78 is 56.1. The number of fused-ring (bicyclic) bond motifs is 1. The Morgan fingerprint density at radius 1 is 1.11 bits per heavy atom. The van der Waals surface area contributed by atoms with Crippen LogP contribution >= 0.6 is 0 Å². The highest BCUT2D eigenvalue weighted by Gasteiger charge is 2.33. The van der Waals surface area contributed by atoms with Crippen LogP contribution in [0.25, 0.3) is 10.9 Å². The molecule has 6 nitrogen and oxygen atoms in total. The first-order chi connectivity index (χ1) is 16.9. The summed E-state index contributed by atoms with van der Waals surface area (Å²) in [5, 5.41) is 9.47. The summed E-state index contributed by atoms with van der Waals surface area (Å²) in [6, 6.07) is 8.07. The fourth-order valence-corrected chi connectivity index (χ4v) is 4.99. The van der Waals surface area contributed by atoms with Crippen LogP contribution in [-0.2, 0) is 12.7 Å². The molecule has 0 bridgehead atoms. The number of halogens is 4. The van der Waals surface area contributed by atoms with Crippen LogP contribution in [0.2, 0.25) is 0 Å². The van der Waals surface area contributed by atoms with Crippen molar-refractivity contribution in [2.45, 2.75) is 31.6 Å². The number of rotatable bonds is 5. The van der Waals surface area contributed by atoms with Gasteiger partial charge in [-0.1, -0.05) is 12.1 Å². The lowest BCUT2D eigenvalue weighted by Crippen LogP contribution is -2.56. The molecule has 0 atom stereocenters. The van der Waals surface area contributed by atoms with Gasteiger partial charge in [-0.3, -0.25) is 4.79 Å². The average Bonchev–Trinajstić information content (AvgIpc) is 3.65. The van der Waals surface area contributed by atoms with Crippen LogP contribution in [0.3, 0.4) is 0 Å². The van der Waals surface area contributed by atoms with Crippen LogP contribution in [0.1, 0.15) is 40.4 Å². The van der Waals surface area contributed by atoms with E-state index in [-0.39, 0.29) is 17.0 Å². The van der Waals surface area contributed by atoms with Gasteiger partial charge in [0.15, 0.2) is 0 Å².